The molecule has 10 heteroatoms. The maximum atomic E-state index is 12.6. The zero-order chi connectivity index (χ0) is 26.1. The number of benzene rings is 2. The Morgan fingerprint density at radius 2 is 1.47 bits per heavy atom. The van der Waals surface area contributed by atoms with Crippen LogP contribution in [0.1, 0.15) is 34.3 Å². The number of Topliss-reactive ketones (excluding diaryl/α,β-unsaturated/α-hetero) is 1. The molecule has 0 radical (unpaired) electrons. The van der Waals surface area contributed by atoms with Crippen molar-refractivity contribution in [1.29, 1.82) is 0 Å². The highest BCUT2D eigenvalue weighted by Crippen LogP contribution is 2.19. The van der Waals surface area contributed by atoms with Crippen molar-refractivity contribution in [3.05, 3.63) is 65.2 Å². The Balaban J connectivity index is 0.000000454. The van der Waals surface area contributed by atoms with Crippen LogP contribution < -0.4 is 10.2 Å². The quantitative estimate of drug-likeness (QED) is 0.606. The van der Waals surface area contributed by atoms with Gasteiger partial charge in [-0.3, -0.25) is 9.59 Å². The number of amides is 1. The van der Waals surface area contributed by atoms with E-state index in [1.807, 2.05) is 35.2 Å². The Morgan fingerprint density at radius 3 is 2.08 bits per heavy atom. The lowest BCUT2D eigenvalue weighted by Gasteiger charge is -2.36. The Hall–Kier alpha value is -3.40. The average molecular weight is 506 g/mol. The van der Waals surface area contributed by atoms with Crippen molar-refractivity contribution in [2.75, 3.05) is 44.2 Å². The van der Waals surface area contributed by atoms with Crippen molar-refractivity contribution in [1.82, 2.24) is 10.2 Å². The predicted octanol–water partition coefficient (Wildman–Crippen LogP) is 3.32. The van der Waals surface area contributed by atoms with Crippen LogP contribution in [0.4, 0.5) is 18.9 Å². The van der Waals surface area contributed by atoms with Gasteiger partial charge in [-0.25, -0.2) is 4.79 Å². The van der Waals surface area contributed by atoms with Gasteiger partial charge in [0.1, 0.15) is 0 Å². The fraction of sp³-hybridized carbons (Fsp3) is 0.423. The van der Waals surface area contributed by atoms with Crippen LogP contribution in [0.3, 0.4) is 0 Å². The number of para-hydroxylation sites is 1. The number of ketones is 1. The van der Waals surface area contributed by atoms with E-state index in [0.717, 1.165) is 44.6 Å². The van der Waals surface area contributed by atoms with E-state index < -0.39 is 12.1 Å². The topological polar surface area (TPSA) is 90.0 Å². The maximum absolute atomic E-state index is 12.6. The summed E-state index contributed by atoms with van der Waals surface area (Å²) in [6.45, 7) is 5.05. The van der Waals surface area contributed by atoms with Gasteiger partial charge in [0, 0.05) is 50.3 Å². The molecule has 194 valence electrons. The molecular formula is C26H30F3N3O4. The normalized spacial score (nSPS) is 15.8. The molecule has 0 unspecified atom stereocenters. The third-order valence-corrected chi connectivity index (χ3v) is 6.23. The zero-order valence-electron chi connectivity index (χ0n) is 19.9. The number of rotatable bonds is 5. The first kappa shape index (κ1) is 27.2. The van der Waals surface area contributed by atoms with Crippen LogP contribution >= 0.6 is 0 Å². The summed E-state index contributed by atoms with van der Waals surface area (Å²) in [5.74, 6) is -2.60. The molecule has 1 amide bonds. The second-order valence-corrected chi connectivity index (χ2v) is 8.66. The summed E-state index contributed by atoms with van der Waals surface area (Å²) >= 11 is 0. The van der Waals surface area contributed by atoms with Gasteiger partial charge < -0.3 is 20.2 Å². The monoisotopic (exact) mass is 505 g/mol. The number of halogens is 3. The second kappa shape index (κ2) is 12.5. The molecule has 1 saturated heterocycles. The first-order chi connectivity index (χ1) is 17.1. The highest BCUT2D eigenvalue weighted by molar-refractivity contribution is 5.98. The summed E-state index contributed by atoms with van der Waals surface area (Å²) in [5.41, 5.74) is 4.55. The average Bonchev–Trinajstić information content (AvgIpc) is 3.12. The fourth-order valence-corrected chi connectivity index (χ4v) is 4.22. The number of carbonyl (C=O) groups excluding carboxylic acids is 2. The van der Waals surface area contributed by atoms with Gasteiger partial charge >= 0.3 is 12.1 Å². The molecular weight excluding hydrogens is 475 g/mol. The fourth-order valence-electron chi connectivity index (χ4n) is 4.22. The molecule has 2 N–H and O–H groups in total. The van der Waals surface area contributed by atoms with Gasteiger partial charge in [-0.2, -0.15) is 13.2 Å². The second-order valence-electron chi connectivity index (χ2n) is 8.66. The smallest absolute Gasteiger partial charge is 0.475 e. The molecule has 7 nitrogen and oxygen atoms in total. The van der Waals surface area contributed by atoms with Crippen molar-refractivity contribution < 1.29 is 32.7 Å². The highest BCUT2D eigenvalue weighted by atomic mass is 19.4. The van der Waals surface area contributed by atoms with Crippen molar-refractivity contribution in [2.24, 2.45) is 0 Å². The van der Waals surface area contributed by atoms with Crippen LogP contribution in [0.25, 0.3) is 0 Å². The summed E-state index contributed by atoms with van der Waals surface area (Å²) in [4.78, 5) is 38.3. The predicted molar refractivity (Wildman–Crippen MR) is 129 cm³/mol. The van der Waals surface area contributed by atoms with E-state index >= 15 is 0 Å². The molecule has 2 aliphatic heterocycles. The SMILES string of the molecule is O=C(CCC(=O)N1CCN(c2ccccc2)CC1)c1ccc2c(c1)CCNCC2.O=C(O)C(F)(F)F. The molecule has 1 fully saturated rings. The Kier molecular flexibility index (Phi) is 9.46. The number of alkyl halides is 3. The zero-order valence-corrected chi connectivity index (χ0v) is 19.9. The number of nitrogens with zero attached hydrogens (tertiary/aromatic N) is 2. The minimum Gasteiger partial charge on any atom is -0.475 e. The van der Waals surface area contributed by atoms with Crippen molar-refractivity contribution in [3.8, 4) is 0 Å². The first-order valence-corrected chi connectivity index (χ1v) is 11.9. The lowest BCUT2D eigenvalue weighted by molar-refractivity contribution is -0.192. The van der Waals surface area contributed by atoms with Gasteiger partial charge in [0.2, 0.25) is 5.91 Å². The highest BCUT2D eigenvalue weighted by Gasteiger charge is 2.38. The van der Waals surface area contributed by atoms with E-state index in [0.29, 0.717) is 19.5 Å². The molecule has 2 aromatic rings. The molecule has 4 rings (SSSR count). The van der Waals surface area contributed by atoms with Crippen LogP contribution in [0.5, 0.6) is 0 Å². The van der Waals surface area contributed by atoms with Gasteiger partial charge in [0.15, 0.2) is 5.78 Å². The van der Waals surface area contributed by atoms with Crippen LogP contribution in [0.15, 0.2) is 48.5 Å². The third-order valence-electron chi connectivity index (χ3n) is 6.23. The van der Waals surface area contributed by atoms with E-state index in [4.69, 9.17) is 9.90 Å². The van der Waals surface area contributed by atoms with Crippen molar-refractivity contribution in [3.63, 3.8) is 0 Å². The number of piperazine rings is 1. The number of carboxylic acids is 1. The number of aliphatic carboxylic acids is 1. The first-order valence-electron chi connectivity index (χ1n) is 11.9. The molecule has 2 aromatic carbocycles. The molecule has 36 heavy (non-hydrogen) atoms. The summed E-state index contributed by atoms with van der Waals surface area (Å²) < 4.78 is 31.7. The number of carboxylic acid groups (broad SMARTS) is 1. The number of fused-ring (bicyclic) bond motifs is 1. The largest absolute Gasteiger partial charge is 0.490 e. The Bertz CT molecular complexity index is 1050. The summed E-state index contributed by atoms with van der Waals surface area (Å²) in [6, 6.07) is 16.3. The van der Waals surface area contributed by atoms with E-state index in [-0.39, 0.29) is 18.1 Å². The van der Waals surface area contributed by atoms with E-state index in [1.165, 1.54) is 16.8 Å². The van der Waals surface area contributed by atoms with E-state index in [1.54, 1.807) is 0 Å². The van der Waals surface area contributed by atoms with Gasteiger partial charge in [0.05, 0.1) is 0 Å². The van der Waals surface area contributed by atoms with Gasteiger partial charge in [-0.1, -0.05) is 30.3 Å². The van der Waals surface area contributed by atoms with E-state index in [9.17, 15) is 22.8 Å². The van der Waals surface area contributed by atoms with Gasteiger partial charge in [-0.15, -0.1) is 0 Å². The van der Waals surface area contributed by atoms with Crippen molar-refractivity contribution >= 4 is 23.3 Å². The van der Waals surface area contributed by atoms with Crippen LogP contribution in [-0.4, -0.2) is 73.1 Å². The van der Waals surface area contributed by atoms with Crippen LogP contribution in [0.2, 0.25) is 0 Å². The van der Waals surface area contributed by atoms with E-state index in [2.05, 4.69) is 28.4 Å². The standard InChI is InChI=1S/C24H29N3O2.C2HF3O2/c28-23(21-7-6-19-10-12-25-13-11-20(19)18-21)8-9-24(29)27-16-14-26(15-17-27)22-4-2-1-3-5-22;3-2(4,5)1(6)7/h1-7,18,25H,8-17H2;(H,6,7). The molecule has 0 spiro atoms. The molecule has 2 heterocycles. The molecule has 2 aliphatic rings. The number of carbonyl (C=O) groups is 3. The summed E-state index contributed by atoms with van der Waals surface area (Å²) in [5, 5.41) is 10.5. The molecule has 0 aliphatic carbocycles. The molecule has 0 atom stereocenters. The van der Waals surface area contributed by atoms with Gasteiger partial charge in [0.25, 0.3) is 0 Å². The summed E-state index contributed by atoms with van der Waals surface area (Å²) in [6.07, 6.45) is -2.53. The Labute approximate surface area is 207 Å². The summed E-state index contributed by atoms with van der Waals surface area (Å²) in [7, 11) is 0. The Morgan fingerprint density at radius 1 is 0.861 bits per heavy atom. The third kappa shape index (κ3) is 7.81. The number of hydrogen-bond donors (Lipinski definition) is 2. The minimum atomic E-state index is -5.08. The molecule has 0 saturated carbocycles. The molecule has 0 aromatic heterocycles. The number of nitrogens with one attached hydrogen (secondary N) is 1. The lowest BCUT2D eigenvalue weighted by atomic mass is 9.97. The van der Waals surface area contributed by atoms with Crippen molar-refractivity contribution in [2.45, 2.75) is 31.9 Å². The molecule has 0 bridgehead atoms. The van der Waals surface area contributed by atoms with Gasteiger partial charge in [-0.05, 0) is 55.3 Å². The lowest BCUT2D eigenvalue weighted by Crippen LogP contribution is -2.48. The number of hydrogen-bond acceptors (Lipinski definition) is 5. The van der Waals surface area contributed by atoms with Crippen LogP contribution in [-0.2, 0) is 22.4 Å². The maximum Gasteiger partial charge on any atom is 0.490 e. The number of anilines is 1. The minimum absolute atomic E-state index is 0.0706. The van der Waals surface area contributed by atoms with Crippen LogP contribution in [0, 0.1) is 0 Å².